The number of ether oxygens (including phenoxy) is 2. The van der Waals surface area contributed by atoms with Crippen molar-refractivity contribution in [1.82, 2.24) is 15.1 Å². The number of likely N-dealkylation sites (N-methyl/N-ethyl adjacent to an activating group) is 1. The number of carbonyl (C=O) groups excluding carboxylic acids is 3. The van der Waals surface area contributed by atoms with E-state index in [-0.39, 0.29) is 18.1 Å². The van der Waals surface area contributed by atoms with Crippen molar-refractivity contribution in [1.29, 1.82) is 0 Å². The molecular formula is C26H27N3O5. The summed E-state index contributed by atoms with van der Waals surface area (Å²) in [5.41, 5.74) is 1.40. The fourth-order valence-corrected chi connectivity index (χ4v) is 3.65. The van der Waals surface area contributed by atoms with Crippen molar-refractivity contribution in [3.8, 4) is 11.5 Å². The predicted octanol–water partition coefficient (Wildman–Crippen LogP) is 1.93. The Bertz CT molecular complexity index is 1100. The highest BCUT2D eigenvalue weighted by molar-refractivity contribution is 6.20. The third-order valence-electron chi connectivity index (χ3n) is 5.62. The van der Waals surface area contributed by atoms with Gasteiger partial charge in [-0.2, -0.15) is 0 Å². The zero-order chi connectivity index (χ0) is 23.9. The number of nitrogens with zero attached hydrogens (tertiary/aromatic N) is 2. The third kappa shape index (κ3) is 6.11. The van der Waals surface area contributed by atoms with Gasteiger partial charge in [0.05, 0.1) is 11.4 Å². The second kappa shape index (κ2) is 10.8. The molecule has 1 fully saturated rings. The molecule has 0 aromatic heterocycles. The van der Waals surface area contributed by atoms with Crippen molar-refractivity contribution >= 4 is 17.5 Å². The number of hydrogen-bond donors (Lipinski definition) is 1. The lowest BCUT2D eigenvalue weighted by molar-refractivity contribution is -0.124. The first-order valence-electron chi connectivity index (χ1n) is 11.1. The van der Waals surface area contributed by atoms with E-state index >= 15 is 0 Å². The smallest absolute Gasteiger partial charge is 0.262 e. The molecule has 34 heavy (non-hydrogen) atoms. The van der Waals surface area contributed by atoms with E-state index in [0.717, 1.165) is 18.7 Å². The normalized spacial score (nSPS) is 16.6. The maximum Gasteiger partial charge on any atom is 0.262 e. The lowest BCUT2D eigenvalue weighted by Gasteiger charge is -2.35. The molecule has 176 valence electrons. The Hall–Kier alpha value is -3.91. The highest BCUT2D eigenvalue weighted by Crippen LogP contribution is 2.19. The fourth-order valence-electron chi connectivity index (χ4n) is 3.65. The molecule has 8 heteroatoms. The van der Waals surface area contributed by atoms with Gasteiger partial charge < -0.3 is 24.6 Å². The maximum absolute atomic E-state index is 12.5. The SMILES string of the molecule is CN1CCN(C2=CC(=O)C(NC(=O)COc3ccc(OCc4ccccc4)cc3)=CC2=O)CC1. The van der Waals surface area contributed by atoms with Gasteiger partial charge in [-0.25, -0.2) is 0 Å². The van der Waals surface area contributed by atoms with Crippen LogP contribution in [0.1, 0.15) is 5.56 Å². The molecule has 1 heterocycles. The van der Waals surface area contributed by atoms with Crippen LogP contribution in [-0.4, -0.2) is 67.1 Å². The summed E-state index contributed by atoms with van der Waals surface area (Å²) < 4.78 is 11.2. The summed E-state index contributed by atoms with van der Waals surface area (Å²) in [5, 5.41) is 2.48. The molecule has 1 aliphatic heterocycles. The summed E-state index contributed by atoms with van der Waals surface area (Å²) in [7, 11) is 2.02. The summed E-state index contributed by atoms with van der Waals surface area (Å²) in [6, 6.07) is 16.7. The highest BCUT2D eigenvalue weighted by atomic mass is 16.5. The van der Waals surface area contributed by atoms with Crippen LogP contribution in [0.2, 0.25) is 0 Å². The average molecular weight is 462 g/mol. The minimum Gasteiger partial charge on any atom is -0.489 e. The minimum absolute atomic E-state index is 0.0406. The van der Waals surface area contributed by atoms with Gasteiger partial charge >= 0.3 is 0 Å². The van der Waals surface area contributed by atoms with Crippen LogP contribution in [0.4, 0.5) is 0 Å². The van der Waals surface area contributed by atoms with Gasteiger partial charge in [-0.05, 0) is 36.9 Å². The van der Waals surface area contributed by atoms with Crippen molar-refractivity contribution in [2.75, 3.05) is 39.8 Å². The third-order valence-corrected chi connectivity index (χ3v) is 5.62. The van der Waals surface area contributed by atoms with Crippen LogP contribution in [0, 0.1) is 0 Å². The zero-order valence-corrected chi connectivity index (χ0v) is 19.0. The Morgan fingerprint density at radius 1 is 0.853 bits per heavy atom. The topological polar surface area (TPSA) is 88.2 Å². The van der Waals surface area contributed by atoms with Crippen LogP contribution in [0.3, 0.4) is 0 Å². The Morgan fingerprint density at radius 2 is 1.50 bits per heavy atom. The van der Waals surface area contributed by atoms with Crippen LogP contribution < -0.4 is 14.8 Å². The van der Waals surface area contributed by atoms with Crippen molar-refractivity contribution < 1.29 is 23.9 Å². The van der Waals surface area contributed by atoms with E-state index in [4.69, 9.17) is 9.47 Å². The number of ketones is 2. The standard InChI is InChI=1S/C26H27N3O5/c1-28-11-13-29(14-12-28)23-16-24(30)22(15-25(23)31)27-26(32)18-34-21-9-7-20(8-10-21)33-17-19-5-3-2-4-6-19/h2-10,15-16H,11-14,17-18H2,1H3,(H,27,32). The summed E-state index contributed by atoms with van der Waals surface area (Å²) in [6.45, 7) is 3.17. The number of nitrogens with one attached hydrogen (secondary N) is 1. The first-order valence-corrected chi connectivity index (χ1v) is 11.1. The van der Waals surface area contributed by atoms with E-state index in [2.05, 4.69) is 10.2 Å². The molecule has 0 atom stereocenters. The number of allylic oxidation sites excluding steroid dienone is 2. The van der Waals surface area contributed by atoms with Gasteiger partial charge in [-0.3, -0.25) is 14.4 Å². The molecule has 0 unspecified atom stereocenters. The number of amides is 1. The molecule has 4 rings (SSSR count). The molecule has 1 N–H and O–H groups in total. The van der Waals surface area contributed by atoms with Crippen LogP contribution >= 0.6 is 0 Å². The van der Waals surface area contributed by atoms with E-state index in [1.807, 2.05) is 42.3 Å². The van der Waals surface area contributed by atoms with Gasteiger partial charge in [0.1, 0.15) is 18.1 Å². The molecule has 2 aromatic carbocycles. The summed E-state index contributed by atoms with van der Waals surface area (Å²) in [5.74, 6) is -0.0407. The lowest BCUT2D eigenvalue weighted by atomic mass is 10.0. The van der Waals surface area contributed by atoms with E-state index in [0.29, 0.717) is 36.9 Å². The van der Waals surface area contributed by atoms with Crippen molar-refractivity contribution in [2.45, 2.75) is 6.61 Å². The Morgan fingerprint density at radius 3 is 2.18 bits per heavy atom. The van der Waals surface area contributed by atoms with E-state index in [1.165, 1.54) is 12.2 Å². The van der Waals surface area contributed by atoms with Crippen molar-refractivity contribution in [2.24, 2.45) is 0 Å². The molecule has 2 aromatic rings. The van der Waals surface area contributed by atoms with Gasteiger partial charge in [0, 0.05) is 38.3 Å². The summed E-state index contributed by atoms with van der Waals surface area (Å²) >= 11 is 0. The van der Waals surface area contributed by atoms with Gasteiger partial charge in [0.25, 0.3) is 5.91 Å². The van der Waals surface area contributed by atoms with E-state index in [9.17, 15) is 14.4 Å². The molecule has 8 nitrogen and oxygen atoms in total. The number of carbonyl (C=O) groups is 3. The molecular weight excluding hydrogens is 434 g/mol. The molecule has 1 amide bonds. The highest BCUT2D eigenvalue weighted by Gasteiger charge is 2.27. The Balaban J connectivity index is 1.24. The second-order valence-electron chi connectivity index (χ2n) is 8.19. The minimum atomic E-state index is -0.520. The maximum atomic E-state index is 12.5. The van der Waals surface area contributed by atoms with Gasteiger partial charge in [0.15, 0.2) is 6.61 Å². The molecule has 0 saturated carbocycles. The van der Waals surface area contributed by atoms with Gasteiger partial charge in [0.2, 0.25) is 11.6 Å². The Kier molecular flexibility index (Phi) is 7.39. The van der Waals surface area contributed by atoms with Crippen molar-refractivity contribution in [3.63, 3.8) is 0 Å². The molecule has 1 aliphatic carbocycles. The summed E-state index contributed by atoms with van der Waals surface area (Å²) in [6.07, 6.45) is 2.49. The van der Waals surface area contributed by atoms with E-state index < -0.39 is 11.7 Å². The van der Waals surface area contributed by atoms with E-state index in [1.54, 1.807) is 24.3 Å². The lowest BCUT2D eigenvalue weighted by Crippen LogP contribution is -2.46. The number of piperazine rings is 1. The zero-order valence-electron chi connectivity index (χ0n) is 19.0. The molecule has 2 aliphatic rings. The number of benzene rings is 2. The van der Waals surface area contributed by atoms with Crippen molar-refractivity contribution in [3.05, 3.63) is 83.7 Å². The largest absolute Gasteiger partial charge is 0.489 e. The average Bonchev–Trinajstić information content (AvgIpc) is 2.85. The molecule has 0 spiro atoms. The second-order valence-corrected chi connectivity index (χ2v) is 8.19. The van der Waals surface area contributed by atoms with Crippen LogP contribution in [0.5, 0.6) is 11.5 Å². The van der Waals surface area contributed by atoms with Crippen LogP contribution in [0.25, 0.3) is 0 Å². The molecule has 0 bridgehead atoms. The first kappa shape index (κ1) is 23.3. The quantitative estimate of drug-likeness (QED) is 0.601. The van der Waals surface area contributed by atoms with Gasteiger partial charge in [-0.1, -0.05) is 30.3 Å². The van der Waals surface area contributed by atoms with Gasteiger partial charge in [-0.15, -0.1) is 0 Å². The predicted molar refractivity (Wildman–Crippen MR) is 126 cm³/mol. The van der Waals surface area contributed by atoms with Crippen LogP contribution in [-0.2, 0) is 21.0 Å². The summed E-state index contributed by atoms with van der Waals surface area (Å²) in [4.78, 5) is 41.3. The molecule has 1 saturated heterocycles. The fraction of sp³-hybridized carbons (Fsp3) is 0.269. The monoisotopic (exact) mass is 461 g/mol. The van der Waals surface area contributed by atoms with Crippen LogP contribution in [0.15, 0.2) is 78.1 Å². The number of rotatable bonds is 8. The first-order chi connectivity index (χ1) is 16.5. The Labute approximate surface area is 198 Å². The molecule has 0 radical (unpaired) electrons. The number of hydrogen-bond acceptors (Lipinski definition) is 7.